The highest BCUT2D eigenvalue weighted by molar-refractivity contribution is 5.70. The molecule has 2 fully saturated rings. The van der Waals surface area contributed by atoms with Crippen molar-refractivity contribution in [3.05, 3.63) is 66.2 Å². The van der Waals surface area contributed by atoms with Crippen LogP contribution < -0.4 is 10.1 Å². The van der Waals surface area contributed by atoms with Gasteiger partial charge in [-0.05, 0) is 24.1 Å². The van der Waals surface area contributed by atoms with Crippen molar-refractivity contribution in [2.24, 2.45) is 0 Å². The van der Waals surface area contributed by atoms with Crippen molar-refractivity contribution in [3.8, 4) is 5.75 Å². The highest BCUT2D eigenvalue weighted by Gasteiger charge is 2.42. The maximum absolute atomic E-state index is 15.1. The van der Waals surface area contributed by atoms with Crippen molar-refractivity contribution in [2.45, 2.75) is 36.9 Å². The monoisotopic (exact) mass is 368 g/mol. The summed E-state index contributed by atoms with van der Waals surface area (Å²) in [5, 5.41) is 3.39. The van der Waals surface area contributed by atoms with Crippen molar-refractivity contribution in [3.63, 3.8) is 0 Å². The number of hydrogen-bond donors (Lipinski definition) is 1. The first-order valence-corrected chi connectivity index (χ1v) is 9.62. The lowest BCUT2D eigenvalue weighted by molar-refractivity contribution is 0.0590. The normalized spacial score (nSPS) is 23.7. The highest BCUT2D eigenvalue weighted by Crippen LogP contribution is 2.41. The van der Waals surface area contributed by atoms with Gasteiger partial charge in [-0.25, -0.2) is 9.18 Å². The van der Waals surface area contributed by atoms with E-state index < -0.39 is 11.8 Å². The quantitative estimate of drug-likeness (QED) is 0.863. The average molecular weight is 368 g/mol. The van der Waals surface area contributed by atoms with E-state index >= 15 is 4.39 Å². The molecule has 2 aromatic rings. The zero-order valence-electron chi connectivity index (χ0n) is 15.3. The van der Waals surface area contributed by atoms with Gasteiger partial charge in [-0.1, -0.05) is 48.5 Å². The van der Waals surface area contributed by atoms with Crippen molar-refractivity contribution in [1.29, 1.82) is 0 Å². The molecule has 1 saturated heterocycles. The Hall–Kier alpha value is -2.40. The smallest absolute Gasteiger partial charge is 0.410 e. The first-order chi connectivity index (χ1) is 13.1. The number of halogens is 1. The number of amides is 1. The van der Waals surface area contributed by atoms with Gasteiger partial charge in [0.2, 0.25) is 0 Å². The van der Waals surface area contributed by atoms with Gasteiger partial charge in [0.1, 0.15) is 11.4 Å². The Morgan fingerprint density at radius 2 is 1.70 bits per heavy atom. The molecule has 1 heterocycles. The molecule has 0 radical (unpaired) electrons. The molecule has 0 bridgehead atoms. The van der Waals surface area contributed by atoms with Gasteiger partial charge in [0.05, 0.1) is 0 Å². The van der Waals surface area contributed by atoms with Crippen LogP contribution in [0.3, 0.4) is 0 Å². The summed E-state index contributed by atoms with van der Waals surface area (Å²) in [5.41, 5.74) is 0.0641. The maximum Gasteiger partial charge on any atom is 0.415 e. The number of alkyl halides is 1. The van der Waals surface area contributed by atoms with Crippen LogP contribution in [0.2, 0.25) is 0 Å². The third-order valence-corrected chi connectivity index (χ3v) is 5.57. The van der Waals surface area contributed by atoms with Crippen LogP contribution >= 0.6 is 0 Å². The van der Waals surface area contributed by atoms with Gasteiger partial charge in [0.25, 0.3) is 0 Å². The predicted molar refractivity (Wildman–Crippen MR) is 103 cm³/mol. The largest absolute Gasteiger partial charge is 0.415 e. The molecule has 5 heteroatoms. The Morgan fingerprint density at radius 1 is 1.07 bits per heavy atom. The molecule has 4 nitrogen and oxygen atoms in total. The number of ether oxygens (including phenoxy) is 1. The van der Waals surface area contributed by atoms with E-state index in [0.717, 1.165) is 6.42 Å². The Morgan fingerprint density at radius 3 is 2.37 bits per heavy atom. The second kappa shape index (κ2) is 7.69. The average Bonchev–Trinajstić information content (AvgIpc) is 3.48. The molecule has 2 atom stereocenters. The summed E-state index contributed by atoms with van der Waals surface area (Å²) >= 11 is 0. The minimum absolute atomic E-state index is 0.340. The summed E-state index contributed by atoms with van der Waals surface area (Å²) in [6, 6.07) is 19.7. The number of benzene rings is 2. The Balaban J connectivity index is 1.22. The van der Waals surface area contributed by atoms with Crippen LogP contribution in [-0.2, 0) is 0 Å². The van der Waals surface area contributed by atoms with Crippen LogP contribution in [0.5, 0.6) is 5.75 Å². The number of carbonyl (C=O) groups excluding carboxylic acids is 1. The van der Waals surface area contributed by atoms with Crippen molar-refractivity contribution >= 4 is 6.09 Å². The number of nitrogens with one attached hydrogen (secondary N) is 1. The molecule has 1 saturated carbocycles. The van der Waals surface area contributed by atoms with Gasteiger partial charge < -0.3 is 15.0 Å². The van der Waals surface area contributed by atoms with E-state index in [1.165, 1.54) is 5.56 Å². The van der Waals surface area contributed by atoms with Crippen LogP contribution in [0.25, 0.3) is 0 Å². The molecule has 27 heavy (non-hydrogen) atoms. The van der Waals surface area contributed by atoms with Crippen molar-refractivity contribution in [1.82, 2.24) is 10.2 Å². The summed E-state index contributed by atoms with van der Waals surface area (Å²) in [7, 11) is 0. The number of rotatable bonds is 5. The molecule has 2 aromatic carbocycles. The van der Waals surface area contributed by atoms with E-state index in [1.807, 2.05) is 36.4 Å². The molecule has 2 aliphatic rings. The molecule has 142 valence electrons. The molecule has 4 rings (SSSR count). The lowest BCUT2D eigenvalue weighted by Gasteiger charge is -2.36. The fraction of sp³-hybridized carbons (Fsp3) is 0.409. The second-order valence-electron chi connectivity index (χ2n) is 7.56. The lowest BCUT2D eigenvalue weighted by Crippen LogP contribution is -2.49. The van der Waals surface area contributed by atoms with E-state index in [1.54, 1.807) is 17.0 Å². The first kappa shape index (κ1) is 18.0. The second-order valence-corrected chi connectivity index (χ2v) is 7.56. The standard InChI is InChI=1S/C22H25FN2O2/c23-22(16-24-20-15-19(20)17-7-3-1-4-8-17)11-13-25(14-12-22)21(26)27-18-9-5-2-6-10-18/h1-10,19-20,24H,11-16H2/t19-,20?/m1/s1. The molecule has 1 aliphatic carbocycles. The Kier molecular flexibility index (Phi) is 5.12. The van der Waals surface area contributed by atoms with Crippen molar-refractivity contribution < 1.29 is 13.9 Å². The molecular formula is C22H25FN2O2. The van der Waals surface area contributed by atoms with E-state index in [-0.39, 0.29) is 0 Å². The fourth-order valence-electron chi connectivity index (χ4n) is 3.72. The topological polar surface area (TPSA) is 41.6 Å². The number of nitrogens with zero attached hydrogens (tertiary/aromatic N) is 1. The summed E-state index contributed by atoms with van der Waals surface area (Å²) in [5.74, 6) is 1.01. The van der Waals surface area contributed by atoms with Gasteiger partial charge in [0.15, 0.2) is 0 Å². The minimum atomic E-state index is -1.26. The maximum atomic E-state index is 15.1. The minimum Gasteiger partial charge on any atom is -0.410 e. The number of likely N-dealkylation sites (tertiary alicyclic amines) is 1. The fourth-order valence-corrected chi connectivity index (χ4v) is 3.72. The SMILES string of the molecule is O=C(Oc1ccccc1)N1CCC(F)(CNC2C[C@@H]2c2ccccc2)CC1. The third-order valence-electron chi connectivity index (χ3n) is 5.57. The van der Waals surface area contributed by atoms with Gasteiger partial charge in [-0.2, -0.15) is 0 Å². The molecule has 1 aliphatic heterocycles. The number of para-hydroxylation sites is 1. The molecule has 0 aromatic heterocycles. The highest BCUT2D eigenvalue weighted by atomic mass is 19.1. The number of carbonyl (C=O) groups is 1. The molecule has 0 spiro atoms. The zero-order chi connectivity index (χ0) is 18.7. The van der Waals surface area contributed by atoms with Crippen molar-refractivity contribution in [2.75, 3.05) is 19.6 Å². The van der Waals surface area contributed by atoms with E-state index in [9.17, 15) is 4.79 Å². The summed E-state index contributed by atoms with van der Waals surface area (Å²) < 4.78 is 20.5. The zero-order valence-corrected chi connectivity index (χ0v) is 15.3. The Labute approximate surface area is 159 Å². The first-order valence-electron chi connectivity index (χ1n) is 9.62. The lowest BCUT2D eigenvalue weighted by atomic mass is 9.93. The Bertz CT molecular complexity index is 760. The van der Waals surface area contributed by atoms with Crippen LogP contribution in [0.4, 0.5) is 9.18 Å². The van der Waals surface area contributed by atoms with E-state index in [2.05, 4.69) is 17.4 Å². The molecule has 1 unspecified atom stereocenters. The number of hydrogen-bond acceptors (Lipinski definition) is 3. The van der Waals surface area contributed by atoms with Gasteiger partial charge in [-0.3, -0.25) is 0 Å². The third kappa shape index (κ3) is 4.48. The van der Waals surface area contributed by atoms with E-state index in [0.29, 0.717) is 50.2 Å². The van der Waals surface area contributed by atoms with Crippen LogP contribution in [0, 0.1) is 0 Å². The van der Waals surface area contributed by atoms with Gasteiger partial charge in [0, 0.05) is 44.4 Å². The van der Waals surface area contributed by atoms with Crippen LogP contribution in [0.15, 0.2) is 60.7 Å². The summed E-state index contributed by atoms with van der Waals surface area (Å²) in [6.45, 7) is 1.12. The van der Waals surface area contributed by atoms with Crippen LogP contribution in [-0.4, -0.2) is 42.3 Å². The van der Waals surface area contributed by atoms with Gasteiger partial charge >= 0.3 is 6.09 Å². The van der Waals surface area contributed by atoms with Gasteiger partial charge in [-0.15, -0.1) is 0 Å². The van der Waals surface area contributed by atoms with Crippen LogP contribution in [0.1, 0.15) is 30.7 Å². The molecule has 1 N–H and O–H groups in total. The molecule has 1 amide bonds. The summed E-state index contributed by atoms with van der Waals surface area (Å²) in [6.07, 6.45) is 1.34. The van der Waals surface area contributed by atoms with E-state index in [4.69, 9.17) is 4.74 Å². The number of piperidine rings is 1. The molecular weight excluding hydrogens is 343 g/mol. The predicted octanol–water partition coefficient (Wildman–Crippen LogP) is 4.14. The summed E-state index contributed by atoms with van der Waals surface area (Å²) in [4.78, 5) is 13.8.